The van der Waals surface area contributed by atoms with Crippen LogP contribution >= 0.6 is 0 Å². The Morgan fingerprint density at radius 3 is 2.54 bits per heavy atom. The van der Waals surface area contributed by atoms with Crippen LogP contribution < -0.4 is 0 Å². The van der Waals surface area contributed by atoms with Crippen LogP contribution in [0.5, 0.6) is 0 Å². The Labute approximate surface area is 215 Å². The molecule has 0 saturated heterocycles. The highest BCUT2D eigenvalue weighted by atomic mass is 16.1. The van der Waals surface area contributed by atoms with E-state index in [1.165, 1.54) is 0 Å². The van der Waals surface area contributed by atoms with Gasteiger partial charge in [0.15, 0.2) is 0 Å². The number of carbonyl (C=O) groups is 1. The summed E-state index contributed by atoms with van der Waals surface area (Å²) in [6.07, 6.45) is 5.81. The van der Waals surface area contributed by atoms with Crippen LogP contribution in [0.1, 0.15) is 53.8 Å². The SMILES string of the molecule is CCCCCn1nc(C(=O)Cc2ccccc2)nc1Cc1ccc(-c2cccnc2-c2nn[nH]n2)cc1. The number of benzene rings is 2. The Bertz CT molecular complexity index is 1440. The number of pyridine rings is 1. The number of aromatic amines is 1. The molecule has 3 heterocycles. The molecule has 0 aliphatic carbocycles. The van der Waals surface area contributed by atoms with Gasteiger partial charge in [0.2, 0.25) is 17.4 Å². The van der Waals surface area contributed by atoms with Crippen molar-refractivity contribution in [3.05, 3.63) is 95.7 Å². The number of tetrazole rings is 1. The largest absolute Gasteiger partial charge is 0.290 e. The molecule has 0 bridgehead atoms. The van der Waals surface area contributed by atoms with Gasteiger partial charge < -0.3 is 0 Å². The summed E-state index contributed by atoms with van der Waals surface area (Å²) in [5.74, 6) is 1.47. The van der Waals surface area contributed by atoms with Crippen LogP contribution in [0.15, 0.2) is 72.9 Å². The van der Waals surface area contributed by atoms with Gasteiger partial charge in [-0.2, -0.15) is 5.21 Å². The van der Waals surface area contributed by atoms with Crippen LogP contribution in [0.2, 0.25) is 0 Å². The predicted octanol–water partition coefficient (Wildman–Crippen LogP) is 4.73. The molecule has 0 atom stereocenters. The maximum atomic E-state index is 12.9. The number of hydrogen-bond acceptors (Lipinski definition) is 7. The molecule has 0 amide bonds. The van der Waals surface area contributed by atoms with Gasteiger partial charge >= 0.3 is 0 Å². The first kappa shape index (κ1) is 24.2. The molecular weight excluding hydrogens is 464 g/mol. The van der Waals surface area contributed by atoms with Crippen molar-refractivity contribution in [3.8, 4) is 22.6 Å². The Hall–Kier alpha value is -4.53. The fraction of sp³-hybridized carbons (Fsp3) is 0.250. The number of nitrogens with zero attached hydrogens (tertiary/aromatic N) is 7. The first-order chi connectivity index (χ1) is 18.2. The Morgan fingerprint density at radius 2 is 1.78 bits per heavy atom. The third-order valence-electron chi connectivity index (χ3n) is 6.17. The second kappa shape index (κ2) is 11.5. The van der Waals surface area contributed by atoms with Gasteiger partial charge in [0.05, 0.1) is 0 Å². The minimum Gasteiger partial charge on any atom is -0.290 e. The molecule has 9 heteroatoms. The molecule has 0 saturated carbocycles. The van der Waals surface area contributed by atoms with Crippen molar-refractivity contribution in [1.82, 2.24) is 40.4 Å². The standard InChI is InChI=1S/C28H28N8O/c1-2-3-7-17-36-25(30-27(33-36)24(37)18-20-9-5-4-6-10-20)19-21-12-14-22(15-13-21)23-11-8-16-29-26(23)28-31-34-35-32-28/h4-6,8-16H,2-3,7,17-19H2,1H3,(H,31,32,34,35). The minimum absolute atomic E-state index is 0.0670. The number of carbonyl (C=O) groups excluding carboxylic acids is 1. The fourth-order valence-corrected chi connectivity index (χ4v) is 4.24. The Morgan fingerprint density at radius 1 is 0.946 bits per heavy atom. The molecule has 0 unspecified atom stereocenters. The summed E-state index contributed by atoms with van der Waals surface area (Å²) in [6.45, 7) is 2.92. The molecule has 186 valence electrons. The molecule has 2 aromatic carbocycles. The van der Waals surface area contributed by atoms with Crippen molar-refractivity contribution in [2.24, 2.45) is 0 Å². The van der Waals surface area contributed by atoms with E-state index < -0.39 is 0 Å². The Balaban J connectivity index is 1.37. The van der Waals surface area contributed by atoms with E-state index in [0.29, 0.717) is 24.4 Å². The van der Waals surface area contributed by atoms with E-state index in [2.05, 4.69) is 66.9 Å². The van der Waals surface area contributed by atoms with E-state index in [-0.39, 0.29) is 11.6 Å². The summed E-state index contributed by atoms with van der Waals surface area (Å²) >= 11 is 0. The smallest absolute Gasteiger partial charge is 0.223 e. The van der Waals surface area contributed by atoms with Crippen LogP contribution in [-0.4, -0.2) is 46.2 Å². The van der Waals surface area contributed by atoms with Gasteiger partial charge in [-0.05, 0) is 34.4 Å². The summed E-state index contributed by atoms with van der Waals surface area (Å²) in [4.78, 5) is 22.1. The zero-order valence-corrected chi connectivity index (χ0v) is 20.7. The quantitative estimate of drug-likeness (QED) is 0.209. The van der Waals surface area contributed by atoms with Crippen molar-refractivity contribution in [2.45, 2.75) is 45.6 Å². The van der Waals surface area contributed by atoms with Crippen molar-refractivity contribution < 1.29 is 4.79 Å². The molecular formula is C28H28N8O. The lowest BCUT2D eigenvalue weighted by Gasteiger charge is -2.08. The van der Waals surface area contributed by atoms with E-state index in [0.717, 1.165) is 53.9 Å². The number of ketones is 1. The second-order valence-electron chi connectivity index (χ2n) is 8.88. The molecule has 0 spiro atoms. The van der Waals surface area contributed by atoms with Gasteiger partial charge in [0, 0.05) is 31.1 Å². The average molecular weight is 493 g/mol. The lowest BCUT2D eigenvalue weighted by atomic mass is 10.0. The van der Waals surface area contributed by atoms with Crippen molar-refractivity contribution >= 4 is 5.78 Å². The highest BCUT2D eigenvalue weighted by molar-refractivity contribution is 5.94. The average Bonchev–Trinajstić information content (AvgIpc) is 3.61. The maximum Gasteiger partial charge on any atom is 0.223 e. The Kier molecular flexibility index (Phi) is 7.50. The number of H-pyrrole nitrogens is 1. The zero-order chi connectivity index (χ0) is 25.5. The number of nitrogens with one attached hydrogen (secondary N) is 1. The van der Waals surface area contributed by atoms with E-state index >= 15 is 0 Å². The monoisotopic (exact) mass is 492 g/mol. The van der Waals surface area contributed by atoms with Crippen LogP contribution in [0.25, 0.3) is 22.6 Å². The summed E-state index contributed by atoms with van der Waals surface area (Å²) < 4.78 is 1.90. The number of rotatable bonds is 11. The number of unbranched alkanes of at least 4 members (excludes halogenated alkanes) is 2. The molecule has 0 aliphatic rings. The van der Waals surface area contributed by atoms with Gasteiger partial charge in [-0.3, -0.25) is 9.78 Å². The predicted molar refractivity (Wildman–Crippen MR) is 140 cm³/mol. The molecule has 5 rings (SSSR count). The highest BCUT2D eigenvalue weighted by Gasteiger charge is 2.18. The lowest BCUT2D eigenvalue weighted by Crippen LogP contribution is -2.08. The van der Waals surface area contributed by atoms with Crippen molar-refractivity contribution in [3.63, 3.8) is 0 Å². The lowest BCUT2D eigenvalue weighted by molar-refractivity contribution is 0.0982. The molecule has 0 aliphatic heterocycles. The number of Topliss-reactive ketones (excluding diaryl/α,β-unsaturated/α-hetero) is 1. The van der Waals surface area contributed by atoms with Crippen LogP contribution in [0, 0.1) is 0 Å². The third kappa shape index (κ3) is 5.83. The zero-order valence-electron chi connectivity index (χ0n) is 20.7. The minimum atomic E-state index is -0.0670. The molecule has 9 nitrogen and oxygen atoms in total. The molecule has 3 aromatic heterocycles. The topological polar surface area (TPSA) is 115 Å². The summed E-state index contributed by atoms with van der Waals surface area (Å²) in [7, 11) is 0. The highest BCUT2D eigenvalue weighted by Crippen LogP contribution is 2.28. The first-order valence-corrected chi connectivity index (χ1v) is 12.5. The fourth-order valence-electron chi connectivity index (χ4n) is 4.24. The van der Waals surface area contributed by atoms with Gasteiger partial charge in [-0.1, -0.05) is 80.4 Å². The molecule has 5 aromatic rings. The normalized spacial score (nSPS) is 11.1. The molecule has 1 N–H and O–H groups in total. The van der Waals surface area contributed by atoms with E-state index in [1.807, 2.05) is 47.1 Å². The van der Waals surface area contributed by atoms with E-state index in [9.17, 15) is 4.79 Å². The van der Waals surface area contributed by atoms with Gasteiger partial charge in [0.1, 0.15) is 11.5 Å². The van der Waals surface area contributed by atoms with E-state index in [4.69, 9.17) is 0 Å². The van der Waals surface area contributed by atoms with Gasteiger partial charge in [0.25, 0.3) is 0 Å². The second-order valence-corrected chi connectivity index (χ2v) is 8.88. The van der Waals surface area contributed by atoms with Crippen LogP contribution in [0.3, 0.4) is 0 Å². The summed E-state index contributed by atoms with van der Waals surface area (Å²) in [5.41, 5.74) is 4.63. The van der Waals surface area contributed by atoms with Gasteiger partial charge in [-0.25, -0.2) is 9.67 Å². The molecule has 0 fully saturated rings. The third-order valence-corrected chi connectivity index (χ3v) is 6.17. The van der Waals surface area contributed by atoms with Crippen LogP contribution in [-0.2, 0) is 19.4 Å². The van der Waals surface area contributed by atoms with E-state index in [1.54, 1.807) is 6.20 Å². The first-order valence-electron chi connectivity index (χ1n) is 12.5. The summed E-state index contributed by atoms with van der Waals surface area (Å²) in [5, 5.41) is 18.9. The number of aryl methyl sites for hydroxylation is 1. The van der Waals surface area contributed by atoms with Crippen LogP contribution in [0.4, 0.5) is 0 Å². The summed E-state index contributed by atoms with van der Waals surface area (Å²) in [6, 6.07) is 21.8. The molecule has 0 radical (unpaired) electrons. The number of hydrogen-bond donors (Lipinski definition) is 1. The maximum absolute atomic E-state index is 12.9. The van der Waals surface area contributed by atoms with Gasteiger partial charge in [-0.15, -0.1) is 15.3 Å². The van der Waals surface area contributed by atoms with Crippen molar-refractivity contribution in [1.29, 1.82) is 0 Å². The van der Waals surface area contributed by atoms with Crippen molar-refractivity contribution in [2.75, 3.05) is 0 Å². The number of aromatic nitrogens is 8. The molecule has 37 heavy (non-hydrogen) atoms.